The first-order chi connectivity index (χ1) is 5.41. The van der Waals surface area contributed by atoms with Gasteiger partial charge < -0.3 is 0 Å². The Morgan fingerprint density at radius 1 is 1.17 bits per heavy atom. The topological polar surface area (TPSA) is 0 Å². The van der Waals surface area contributed by atoms with E-state index in [2.05, 4.69) is 0 Å². The summed E-state index contributed by atoms with van der Waals surface area (Å²) in [6.07, 6.45) is -4.43. The summed E-state index contributed by atoms with van der Waals surface area (Å²) >= 11 is 0. The first-order valence-electron chi connectivity index (χ1n) is 3.24. The SMILES string of the molecule is Fc1ccc([SiH3])c(C(F)(F)F)c1. The van der Waals surface area contributed by atoms with Crippen LogP contribution in [0.1, 0.15) is 5.56 Å². The van der Waals surface area contributed by atoms with Crippen LogP contribution >= 0.6 is 0 Å². The number of alkyl halides is 3. The number of rotatable bonds is 0. The quantitative estimate of drug-likeness (QED) is 0.424. The molecule has 0 heterocycles. The van der Waals surface area contributed by atoms with Gasteiger partial charge in [0, 0.05) is 10.2 Å². The summed E-state index contributed by atoms with van der Waals surface area (Å²) in [7, 11) is 0.268. The van der Waals surface area contributed by atoms with E-state index in [4.69, 9.17) is 0 Å². The summed E-state index contributed by atoms with van der Waals surface area (Å²) in [5.41, 5.74) is -0.853. The summed E-state index contributed by atoms with van der Waals surface area (Å²) in [6.45, 7) is 0. The third-order valence-corrected chi connectivity index (χ3v) is 2.38. The normalized spacial score (nSPS) is 12.0. The maximum atomic E-state index is 12.4. The van der Waals surface area contributed by atoms with Crippen molar-refractivity contribution in [3.63, 3.8) is 0 Å². The van der Waals surface area contributed by atoms with E-state index < -0.39 is 17.6 Å². The maximum Gasteiger partial charge on any atom is 0.416 e. The summed E-state index contributed by atoms with van der Waals surface area (Å²) in [6, 6.07) is 2.74. The Morgan fingerprint density at radius 2 is 1.75 bits per heavy atom. The molecule has 0 aliphatic rings. The fourth-order valence-electron chi connectivity index (χ4n) is 0.900. The third-order valence-electron chi connectivity index (χ3n) is 1.51. The van der Waals surface area contributed by atoms with E-state index >= 15 is 0 Å². The Kier molecular flexibility index (Phi) is 2.23. The molecule has 0 atom stereocenters. The molecule has 0 radical (unpaired) electrons. The highest BCUT2D eigenvalue weighted by Gasteiger charge is 2.32. The summed E-state index contributed by atoms with van der Waals surface area (Å²) in [5.74, 6) is -0.845. The molecular formula is C7H6F4Si. The van der Waals surface area contributed by atoms with Gasteiger partial charge in [-0.1, -0.05) is 11.3 Å². The second kappa shape index (κ2) is 2.89. The van der Waals surface area contributed by atoms with Crippen molar-refractivity contribution in [3.05, 3.63) is 29.6 Å². The molecule has 0 aliphatic heterocycles. The second-order valence-corrected chi connectivity index (χ2v) is 3.53. The average Bonchev–Trinajstić information content (AvgIpc) is 1.92. The molecule has 0 amide bonds. The molecule has 5 heteroatoms. The minimum absolute atomic E-state index is 0.170. The van der Waals surface area contributed by atoms with Crippen molar-refractivity contribution in [2.45, 2.75) is 6.18 Å². The van der Waals surface area contributed by atoms with E-state index in [1.807, 2.05) is 0 Å². The van der Waals surface area contributed by atoms with Gasteiger partial charge in [-0.15, -0.1) is 0 Å². The highest BCUT2D eigenvalue weighted by Crippen LogP contribution is 2.27. The van der Waals surface area contributed by atoms with E-state index in [0.717, 1.165) is 6.07 Å². The minimum Gasteiger partial charge on any atom is -0.207 e. The monoisotopic (exact) mass is 194 g/mol. The van der Waals surface area contributed by atoms with Crippen LogP contribution in [-0.2, 0) is 6.18 Å². The molecule has 12 heavy (non-hydrogen) atoms. The highest BCUT2D eigenvalue weighted by molar-refractivity contribution is 6.33. The molecule has 0 fully saturated rings. The Labute approximate surface area is 69.6 Å². The van der Waals surface area contributed by atoms with Gasteiger partial charge in [0.05, 0.1) is 5.56 Å². The molecular weight excluding hydrogens is 188 g/mol. The smallest absolute Gasteiger partial charge is 0.207 e. The van der Waals surface area contributed by atoms with Gasteiger partial charge in [0.1, 0.15) is 5.82 Å². The van der Waals surface area contributed by atoms with Gasteiger partial charge in [-0.2, -0.15) is 13.2 Å². The van der Waals surface area contributed by atoms with E-state index in [1.165, 1.54) is 6.07 Å². The first-order valence-corrected chi connectivity index (χ1v) is 4.24. The zero-order valence-electron chi connectivity index (χ0n) is 6.24. The summed E-state index contributed by atoms with van der Waals surface area (Å²) in [5, 5.41) is 0.170. The zero-order valence-corrected chi connectivity index (χ0v) is 8.24. The van der Waals surface area contributed by atoms with Crippen molar-refractivity contribution in [3.8, 4) is 0 Å². The largest absolute Gasteiger partial charge is 0.416 e. The molecule has 0 N–H and O–H groups in total. The van der Waals surface area contributed by atoms with Gasteiger partial charge in [0.2, 0.25) is 0 Å². The zero-order chi connectivity index (χ0) is 9.35. The Hall–Kier alpha value is -0.843. The van der Waals surface area contributed by atoms with Crippen LogP contribution in [0.5, 0.6) is 0 Å². The molecule has 1 rings (SSSR count). The Morgan fingerprint density at radius 3 is 2.17 bits per heavy atom. The average molecular weight is 194 g/mol. The van der Waals surface area contributed by atoms with E-state index in [9.17, 15) is 17.6 Å². The van der Waals surface area contributed by atoms with Crippen LogP contribution in [0.15, 0.2) is 18.2 Å². The molecule has 1 aromatic carbocycles. The third kappa shape index (κ3) is 1.85. The van der Waals surface area contributed by atoms with E-state index in [0.29, 0.717) is 6.07 Å². The maximum absolute atomic E-state index is 12.4. The van der Waals surface area contributed by atoms with E-state index in [-0.39, 0.29) is 15.4 Å². The first kappa shape index (κ1) is 9.25. The lowest BCUT2D eigenvalue weighted by Crippen LogP contribution is -2.19. The van der Waals surface area contributed by atoms with Gasteiger partial charge in [-0.3, -0.25) is 0 Å². The van der Waals surface area contributed by atoms with Crippen molar-refractivity contribution < 1.29 is 17.6 Å². The number of benzene rings is 1. The van der Waals surface area contributed by atoms with Crippen LogP contribution in [0, 0.1) is 5.82 Å². The van der Waals surface area contributed by atoms with Gasteiger partial charge in [-0.25, -0.2) is 4.39 Å². The van der Waals surface area contributed by atoms with E-state index in [1.54, 1.807) is 0 Å². The molecule has 0 saturated carbocycles. The molecule has 0 aromatic heterocycles. The van der Waals surface area contributed by atoms with Crippen LogP contribution in [0.25, 0.3) is 0 Å². The number of hydrogen-bond donors (Lipinski definition) is 0. The van der Waals surface area contributed by atoms with Crippen molar-refractivity contribution in [2.75, 3.05) is 0 Å². The number of hydrogen-bond acceptors (Lipinski definition) is 0. The summed E-state index contributed by atoms with van der Waals surface area (Å²) in [4.78, 5) is 0. The van der Waals surface area contributed by atoms with Gasteiger partial charge in [0.15, 0.2) is 0 Å². The molecule has 0 unspecified atom stereocenters. The van der Waals surface area contributed by atoms with Crippen LogP contribution in [0.3, 0.4) is 0 Å². The lowest BCUT2D eigenvalue weighted by atomic mass is 10.2. The fraction of sp³-hybridized carbons (Fsp3) is 0.143. The lowest BCUT2D eigenvalue weighted by Gasteiger charge is -2.09. The van der Waals surface area contributed by atoms with Crippen molar-refractivity contribution >= 4 is 15.4 Å². The van der Waals surface area contributed by atoms with Crippen molar-refractivity contribution in [1.82, 2.24) is 0 Å². The molecule has 0 aliphatic carbocycles. The Bertz CT molecular complexity index is 292. The fourth-order valence-corrected chi connectivity index (χ4v) is 1.49. The van der Waals surface area contributed by atoms with Crippen molar-refractivity contribution in [1.29, 1.82) is 0 Å². The van der Waals surface area contributed by atoms with Crippen LogP contribution in [0.2, 0.25) is 0 Å². The number of halogens is 4. The molecule has 0 spiro atoms. The summed E-state index contributed by atoms with van der Waals surface area (Å²) < 4.78 is 48.6. The molecule has 0 bridgehead atoms. The van der Waals surface area contributed by atoms with Crippen LogP contribution < -0.4 is 5.19 Å². The van der Waals surface area contributed by atoms with Gasteiger partial charge >= 0.3 is 6.18 Å². The predicted molar refractivity (Wildman–Crippen MR) is 41.0 cm³/mol. The predicted octanol–water partition coefficient (Wildman–Crippen LogP) is 0.835. The van der Waals surface area contributed by atoms with Crippen LogP contribution in [0.4, 0.5) is 17.6 Å². The highest BCUT2D eigenvalue weighted by atomic mass is 28.1. The van der Waals surface area contributed by atoms with Gasteiger partial charge in [-0.05, 0) is 12.1 Å². The Balaban J connectivity index is 3.23. The lowest BCUT2D eigenvalue weighted by molar-refractivity contribution is -0.136. The molecule has 1 aromatic rings. The van der Waals surface area contributed by atoms with Gasteiger partial charge in [0.25, 0.3) is 0 Å². The molecule has 0 nitrogen and oxygen atoms in total. The van der Waals surface area contributed by atoms with Crippen molar-refractivity contribution in [2.24, 2.45) is 0 Å². The molecule has 0 saturated heterocycles. The van der Waals surface area contributed by atoms with Crippen LogP contribution in [-0.4, -0.2) is 10.2 Å². The minimum atomic E-state index is -4.43. The molecule has 66 valence electrons. The standard InChI is InChI=1S/C7H6F4Si/c8-4-1-2-6(12)5(3-4)7(9,10)11/h1-3H,12H3. The second-order valence-electron chi connectivity index (χ2n) is 2.46.